The van der Waals surface area contributed by atoms with Gasteiger partial charge in [0.2, 0.25) is 0 Å². The van der Waals surface area contributed by atoms with Gasteiger partial charge in [-0.25, -0.2) is 4.39 Å². The van der Waals surface area contributed by atoms with Gasteiger partial charge in [0.1, 0.15) is 11.5 Å². The van der Waals surface area contributed by atoms with Crippen LogP contribution in [0.5, 0.6) is 0 Å². The molecule has 0 bridgehead atoms. The summed E-state index contributed by atoms with van der Waals surface area (Å²) in [5.41, 5.74) is 4.66. The van der Waals surface area contributed by atoms with E-state index in [1.807, 2.05) is 0 Å². The molecule has 6 heteroatoms. The molecule has 1 aromatic carbocycles. The minimum Gasteiger partial charge on any atom is -0.393 e. The Morgan fingerprint density at radius 2 is 2.27 bits per heavy atom. The Balaban J connectivity index is 3.29. The molecule has 1 rings (SSSR count). The Morgan fingerprint density at radius 1 is 1.60 bits per heavy atom. The fourth-order valence-corrected chi connectivity index (χ4v) is 1.04. The normalized spacial score (nSPS) is 9.20. The van der Waals surface area contributed by atoms with E-state index in [0.717, 1.165) is 12.1 Å². The number of benzene rings is 1. The van der Waals surface area contributed by atoms with Gasteiger partial charge in [-0.1, -0.05) is 11.8 Å². The molecule has 0 saturated heterocycles. The van der Waals surface area contributed by atoms with E-state index in [4.69, 9.17) is 5.73 Å². The van der Waals surface area contributed by atoms with Gasteiger partial charge < -0.3 is 5.73 Å². The summed E-state index contributed by atoms with van der Waals surface area (Å²) in [5.74, 6) is 4.50. The minimum absolute atomic E-state index is 0.0510. The highest BCUT2D eigenvalue weighted by molar-refractivity contribution is 7.80. The summed E-state index contributed by atoms with van der Waals surface area (Å²) >= 11 is 3.82. The lowest BCUT2D eigenvalue weighted by atomic mass is 10.1. The molecule has 2 N–H and O–H groups in total. The second-order valence-corrected chi connectivity index (χ2v) is 2.92. The Morgan fingerprint density at radius 3 is 2.80 bits per heavy atom. The topological polar surface area (TPSA) is 69.2 Å². The van der Waals surface area contributed by atoms with Crippen molar-refractivity contribution in [1.29, 1.82) is 0 Å². The first-order chi connectivity index (χ1) is 7.06. The van der Waals surface area contributed by atoms with Crippen molar-refractivity contribution in [1.82, 2.24) is 0 Å². The van der Waals surface area contributed by atoms with Crippen LogP contribution in [0.15, 0.2) is 12.1 Å². The van der Waals surface area contributed by atoms with E-state index >= 15 is 0 Å². The number of thiol groups is 1. The van der Waals surface area contributed by atoms with Crippen LogP contribution in [0.1, 0.15) is 5.56 Å². The first kappa shape index (κ1) is 11.3. The van der Waals surface area contributed by atoms with Gasteiger partial charge in [0.05, 0.1) is 16.2 Å². The van der Waals surface area contributed by atoms with Crippen molar-refractivity contribution in [3.8, 4) is 11.8 Å². The molecule has 0 saturated carbocycles. The predicted octanol–water partition coefficient (Wildman–Crippen LogP) is 1.60. The van der Waals surface area contributed by atoms with Gasteiger partial charge in [0.25, 0.3) is 5.69 Å². The number of nitro groups is 1. The van der Waals surface area contributed by atoms with E-state index < -0.39 is 10.7 Å². The van der Waals surface area contributed by atoms with Gasteiger partial charge in [-0.15, -0.1) is 0 Å². The van der Waals surface area contributed by atoms with Gasteiger partial charge in [-0.3, -0.25) is 10.1 Å². The van der Waals surface area contributed by atoms with Crippen LogP contribution in [0.3, 0.4) is 0 Å². The summed E-state index contributed by atoms with van der Waals surface area (Å²) < 4.78 is 13.2. The number of hydrogen-bond acceptors (Lipinski definition) is 4. The van der Waals surface area contributed by atoms with Crippen LogP contribution >= 0.6 is 12.6 Å². The largest absolute Gasteiger partial charge is 0.393 e. The average Bonchev–Trinajstić information content (AvgIpc) is 2.16. The van der Waals surface area contributed by atoms with Crippen molar-refractivity contribution in [2.75, 3.05) is 11.5 Å². The molecule has 4 nitrogen and oxygen atoms in total. The minimum atomic E-state index is -0.680. The van der Waals surface area contributed by atoms with Crippen LogP contribution in [-0.2, 0) is 0 Å². The van der Waals surface area contributed by atoms with E-state index in [1.54, 1.807) is 0 Å². The number of anilines is 1. The molecular weight excluding hydrogens is 219 g/mol. The first-order valence-corrected chi connectivity index (χ1v) is 4.52. The molecule has 0 amide bonds. The van der Waals surface area contributed by atoms with Crippen LogP contribution in [0.2, 0.25) is 0 Å². The second kappa shape index (κ2) is 4.66. The van der Waals surface area contributed by atoms with Crippen molar-refractivity contribution in [2.45, 2.75) is 0 Å². The van der Waals surface area contributed by atoms with Gasteiger partial charge in [0, 0.05) is 12.1 Å². The Labute approximate surface area is 90.8 Å². The smallest absolute Gasteiger partial charge is 0.293 e. The molecule has 0 heterocycles. The average molecular weight is 226 g/mol. The number of nitrogen functional groups attached to an aromatic ring is 1. The summed E-state index contributed by atoms with van der Waals surface area (Å²) in [5, 5.41) is 10.5. The molecule has 1 aromatic rings. The van der Waals surface area contributed by atoms with E-state index in [0.29, 0.717) is 0 Å². The highest BCUT2D eigenvalue weighted by Crippen LogP contribution is 2.24. The first-order valence-electron chi connectivity index (χ1n) is 3.89. The van der Waals surface area contributed by atoms with E-state index in [9.17, 15) is 14.5 Å². The van der Waals surface area contributed by atoms with Crippen LogP contribution in [0, 0.1) is 27.8 Å². The summed E-state index contributed by atoms with van der Waals surface area (Å²) in [4.78, 5) is 9.82. The maximum absolute atomic E-state index is 13.2. The predicted molar refractivity (Wildman–Crippen MR) is 58.2 cm³/mol. The Hall–Kier alpha value is -1.74. The maximum Gasteiger partial charge on any atom is 0.293 e. The monoisotopic (exact) mass is 226 g/mol. The number of halogens is 1. The highest BCUT2D eigenvalue weighted by Gasteiger charge is 2.14. The third-order valence-corrected chi connectivity index (χ3v) is 1.77. The lowest BCUT2D eigenvalue weighted by Crippen LogP contribution is -1.98. The molecule has 0 aliphatic carbocycles. The van der Waals surface area contributed by atoms with Crippen molar-refractivity contribution in [3.05, 3.63) is 33.6 Å². The number of rotatable bonds is 1. The number of nitrogens with zero attached hydrogens (tertiary/aromatic N) is 1. The number of nitrogens with two attached hydrogens (primary N) is 1. The number of nitro benzene ring substituents is 1. The summed E-state index contributed by atoms with van der Waals surface area (Å²) in [6.07, 6.45) is 0. The Kier molecular flexibility index (Phi) is 3.52. The number of hydrogen-bond donors (Lipinski definition) is 2. The fourth-order valence-electron chi connectivity index (χ4n) is 0.966. The lowest BCUT2D eigenvalue weighted by Gasteiger charge is -1.99. The molecule has 0 spiro atoms. The molecule has 0 aromatic heterocycles. The lowest BCUT2D eigenvalue weighted by molar-refractivity contribution is -0.384. The zero-order valence-corrected chi connectivity index (χ0v) is 8.42. The molecule has 78 valence electrons. The highest BCUT2D eigenvalue weighted by atomic mass is 32.1. The standard InChI is InChI=1S/C9H7FN2O2S/c10-7-5-8(11)9(12(13)14)4-6(7)2-1-3-15/h4-5,15H,3,11H2. The zero-order valence-electron chi connectivity index (χ0n) is 7.53. The molecule has 0 fully saturated rings. The molecule has 0 aliphatic rings. The molecule has 0 aliphatic heterocycles. The zero-order chi connectivity index (χ0) is 11.4. The van der Waals surface area contributed by atoms with Gasteiger partial charge >= 0.3 is 0 Å². The maximum atomic E-state index is 13.2. The quantitative estimate of drug-likeness (QED) is 0.251. The van der Waals surface area contributed by atoms with Crippen LogP contribution in [0.25, 0.3) is 0 Å². The SMILES string of the molecule is Nc1cc(F)c(C#CCS)cc1[N+](=O)[O-]. The third kappa shape index (κ3) is 2.60. The summed E-state index contributed by atoms with van der Waals surface area (Å²) in [6.45, 7) is 0. The fraction of sp³-hybridized carbons (Fsp3) is 0.111. The van der Waals surface area contributed by atoms with Crippen LogP contribution in [-0.4, -0.2) is 10.7 Å². The van der Waals surface area contributed by atoms with E-state index in [1.165, 1.54) is 0 Å². The van der Waals surface area contributed by atoms with E-state index in [-0.39, 0.29) is 22.7 Å². The van der Waals surface area contributed by atoms with E-state index in [2.05, 4.69) is 24.5 Å². The summed E-state index contributed by atoms with van der Waals surface area (Å²) in [6, 6.07) is 1.90. The third-order valence-electron chi connectivity index (χ3n) is 1.62. The van der Waals surface area contributed by atoms with Gasteiger partial charge in [-0.2, -0.15) is 12.6 Å². The molecule has 0 atom stereocenters. The van der Waals surface area contributed by atoms with Crippen molar-refractivity contribution < 1.29 is 9.31 Å². The van der Waals surface area contributed by atoms with Crippen LogP contribution < -0.4 is 5.73 Å². The van der Waals surface area contributed by atoms with Crippen molar-refractivity contribution >= 4 is 24.0 Å². The van der Waals surface area contributed by atoms with Crippen molar-refractivity contribution in [3.63, 3.8) is 0 Å². The van der Waals surface area contributed by atoms with Gasteiger partial charge in [0.15, 0.2) is 0 Å². The van der Waals surface area contributed by atoms with Gasteiger partial charge in [-0.05, 0) is 0 Å². The Bertz CT molecular complexity index is 465. The second-order valence-electron chi connectivity index (χ2n) is 2.61. The molecule has 0 radical (unpaired) electrons. The molecular formula is C9H7FN2O2S. The molecule has 15 heavy (non-hydrogen) atoms. The van der Waals surface area contributed by atoms with Crippen molar-refractivity contribution in [2.24, 2.45) is 0 Å². The summed E-state index contributed by atoms with van der Waals surface area (Å²) in [7, 11) is 0. The molecule has 0 unspecified atom stereocenters. The van der Waals surface area contributed by atoms with Crippen LogP contribution in [0.4, 0.5) is 15.8 Å².